The van der Waals surface area contributed by atoms with Gasteiger partial charge in [0.25, 0.3) is 0 Å². The molecule has 0 aromatic heterocycles. The number of aryl methyl sites for hydroxylation is 1. The topological polar surface area (TPSA) is 130 Å². The van der Waals surface area contributed by atoms with Crippen molar-refractivity contribution in [2.45, 2.75) is 75.2 Å². The number of carbonyl (C=O) groups is 3. The molecule has 3 aromatic rings. The molecule has 2 N–H and O–H groups in total. The third-order valence-corrected chi connectivity index (χ3v) is 16.8. The van der Waals surface area contributed by atoms with Crippen molar-refractivity contribution in [3.8, 4) is 11.5 Å². The summed E-state index contributed by atoms with van der Waals surface area (Å²) < 4.78 is 35.7. The number of rotatable bonds is 7. The Morgan fingerprint density at radius 2 is 1.73 bits per heavy atom. The molecular weight excluding hydrogens is 800 g/mol. The van der Waals surface area contributed by atoms with Crippen LogP contribution in [0.2, 0.25) is 0 Å². The van der Waals surface area contributed by atoms with E-state index in [1.807, 2.05) is 24.3 Å². The summed E-state index contributed by atoms with van der Waals surface area (Å²) in [5.74, 6) is -0.0340. The van der Waals surface area contributed by atoms with E-state index in [4.69, 9.17) is 19.2 Å². The van der Waals surface area contributed by atoms with Gasteiger partial charge in [-0.05, 0) is 117 Å². The van der Waals surface area contributed by atoms with E-state index in [-0.39, 0.29) is 64.4 Å². The maximum Gasteiger partial charge on any atom is 0.230 e. The highest BCUT2D eigenvalue weighted by Crippen LogP contribution is 2.64. The van der Waals surface area contributed by atoms with E-state index in [2.05, 4.69) is 45.5 Å². The van der Waals surface area contributed by atoms with Crippen molar-refractivity contribution < 1.29 is 38.1 Å². The van der Waals surface area contributed by atoms with E-state index in [0.29, 0.717) is 56.6 Å². The van der Waals surface area contributed by atoms with Gasteiger partial charge in [-0.25, -0.2) is 4.39 Å². The standard InChI is InChI=1S/C51H57FN4O7/c1-61-43-25-41(40(52)24-38(43)45-35(32-5-3-2-4-6-32)9-7-33-23-34(57)8-10-36(33)45)56-21-17-50(18-22-56)26-31(29-63-50)28-55-19-15-49(16-20-55)30-62-48-51(49)14-13-42(58)46(39(51)27-53-48)37-11-12-44(59)54-47(37)60/h2-6,8,10,13-14,23-25,31,35,37,39,45-46,57H,7,9,11-12,15-22,26-30H2,1H3,(H,54,59,60)/t31-,35-,37+,39?,45+,46?,51?/m1/s1. The fourth-order valence-electron chi connectivity index (χ4n) is 13.7. The van der Waals surface area contributed by atoms with Gasteiger partial charge in [0.2, 0.25) is 11.8 Å². The lowest BCUT2D eigenvalue weighted by Crippen LogP contribution is -2.58. The minimum absolute atomic E-state index is 0.0404. The van der Waals surface area contributed by atoms with E-state index >= 15 is 4.39 Å². The molecule has 11 nitrogen and oxygen atoms in total. The van der Waals surface area contributed by atoms with Gasteiger partial charge in [-0.3, -0.25) is 24.7 Å². The van der Waals surface area contributed by atoms with Crippen molar-refractivity contribution >= 4 is 29.2 Å². The van der Waals surface area contributed by atoms with Crippen molar-refractivity contribution in [1.82, 2.24) is 10.2 Å². The number of aliphatic imine (C=N–C) groups is 1. The Bertz CT molecular complexity index is 2390. The Morgan fingerprint density at radius 1 is 0.937 bits per heavy atom. The monoisotopic (exact) mass is 856 g/mol. The summed E-state index contributed by atoms with van der Waals surface area (Å²) in [5.41, 5.74) is 3.88. The minimum Gasteiger partial charge on any atom is -0.508 e. The van der Waals surface area contributed by atoms with Gasteiger partial charge in [0, 0.05) is 73.3 Å². The van der Waals surface area contributed by atoms with Crippen molar-refractivity contribution in [2.24, 2.45) is 39.5 Å². The summed E-state index contributed by atoms with van der Waals surface area (Å²) >= 11 is 0. The summed E-state index contributed by atoms with van der Waals surface area (Å²) in [5, 5.41) is 12.8. The third kappa shape index (κ3) is 6.63. The summed E-state index contributed by atoms with van der Waals surface area (Å²) in [6, 6.07) is 19.6. The maximum atomic E-state index is 16.6. The molecule has 5 fully saturated rings. The van der Waals surface area contributed by atoms with Crippen LogP contribution in [-0.4, -0.2) is 98.7 Å². The fourth-order valence-corrected chi connectivity index (χ4v) is 13.7. The van der Waals surface area contributed by atoms with E-state index in [9.17, 15) is 19.5 Å². The first kappa shape index (κ1) is 40.7. The lowest BCUT2D eigenvalue weighted by molar-refractivity contribution is -0.143. The molecule has 63 heavy (non-hydrogen) atoms. The summed E-state index contributed by atoms with van der Waals surface area (Å²) in [6.07, 6.45) is 10.6. The van der Waals surface area contributed by atoms with Crippen LogP contribution in [0.15, 0.2) is 77.8 Å². The number of methoxy groups -OCH3 is 1. The second kappa shape index (κ2) is 15.6. The van der Waals surface area contributed by atoms with Crippen molar-refractivity contribution in [2.75, 3.05) is 64.5 Å². The van der Waals surface area contributed by atoms with Gasteiger partial charge in [0.05, 0.1) is 37.0 Å². The number of nitrogens with zero attached hydrogens (tertiary/aromatic N) is 3. The normalized spacial score (nSPS) is 31.9. The number of amides is 2. The predicted octanol–water partition coefficient (Wildman–Crippen LogP) is 6.71. The van der Waals surface area contributed by atoms with Gasteiger partial charge in [0.15, 0.2) is 11.7 Å². The van der Waals surface area contributed by atoms with E-state index in [0.717, 1.165) is 87.2 Å². The number of nitrogens with one attached hydrogen (secondary N) is 1. The van der Waals surface area contributed by atoms with Gasteiger partial charge in [-0.2, -0.15) is 0 Å². The number of anilines is 1. The number of hydrogen-bond donors (Lipinski definition) is 2. The van der Waals surface area contributed by atoms with Crippen LogP contribution in [0.25, 0.3) is 0 Å². The first-order valence-electron chi connectivity index (χ1n) is 23.2. The number of halogens is 1. The number of likely N-dealkylation sites (tertiary alicyclic amines) is 1. The molecule has 6 aliphatic heterocycles. The summed E-state index contributed by atoms with van der Waals surface area (Å²) in [7, 11) is 1.67. The second-order valence-corrected chi connectivity index (χ2v) is 19.8. The highest BCUT2D eigenvalue weighted by atomic mass is 19.1. The quantitative estimate of drug-likeness (QED) is 0.249. The van der Waals surface area contributed by atoms with Gasteiger partial charge in [-0.15, -0.1) is 0 Å². The zero-order valence-electron chi connectivity index (χ0n) is 36.0. The molecule has 12 heteroatoms. The number of fused-ring (bicyclic) bond motifs is 1. The third-order valence-electron chi connectivity index (χ3n) is 16.8. The number of benzene rings is 3. The SMILES string of the molecule is COc1cc(N2CCC3(CC2)C[C@H](CN2CCC4(CC2)COC2=NCC5C([C@@H]6CCC(=O)NC6=O)C(=O)C=CC254)CO3)c(F)cc1[C@@H]1c2ccc(O)cc2CC[C@@H]1c1ccccc1. The maximum absolute atomic E-state index is 16.6. The molecule has 2 aliphatic carbocycles. The van der Waals surface area contributed by atoms with Crippen LogP contribution in [0.3, 0.4) is 0 Å². The zero-order valence-corrected chi connectivity index (χ0v) is 36.0. The van der Waals surface area contributed by atoms with Crippen LogP contribution in [0.5, 0.6) is 11.5 Å². The molecule has 0 saturated carbocycles. The molecule has 8 aliphatic rings. The Kier molecular flexibility index (Phi) is 10.1. The van der Waals surface area contributed by atoms with Crippen LogP contribution in [0.1, 0.15) is 85.5 Å². The number of hydrogen-bond acceptors (Lipinski definition) is 10. The molecule has 11 rings (SSSR count). The molecule has 6 heterocycles. The van der Waals surface area contributed by atoms with Crippen LogP contribution in [0, 0.1) is 40.3 Å². The highest BCUT2D eigenvalue weighted by Gasteiger charge is 2.69. The molecule has 3 spiro atoms. The second-order valence-electron chi connectivity index (χ2n) is 19.8. The lowest BCUT2D eigenvalue weighted by Gasteiger charge is -2.51. The highest BCUT2D eigenvalue weighted by molar-refractivity contribution is 6.05. The number of piperidine rings is 3. The minimum atomic E-state index is -0.533. The van der Waals surface area contributed by atoms with Gasteiger partial charge >= 0.3 is 0 Å². The van der Waals surface area contributed by atoms with Gasteiger partial charge < -0.3 is 29.1 Å². The number of carbonyl (C=O) groups excluding carboxylic acids is 3. The van der Waals surface area contributed by atoms with E-state index in [1.165, 1.54) is 5.56 Å². The van der Waals surface area contributed by atoms with Crippen LogP contribution < -0.4 is 15.0 Å². The smallest absolute Gasteiger partial charge is 0.230 e. The predicted molar refractivity (Wildman–Crippen MR) is 234 cm³/mol. The molecule has 330 valence electrons. The van der Waals surface area contributed by atoms with Crippen molar-refractivity contribution in [3.05, 3.63) is 101 Å². The lowest BCUT2D eigenvalue weighted by atomic mass is 9.50. The number of phenolic OH excluding ortho intramolecular Hbond substituents is 1. The molecular formula is C51H57FN4O7. The van der Waals surface area contributed by atoms with Gasteiger partial charge in [0.1, 0.15) is 17.3 Å². The Balaban J connectivity index is 0.745. The molecule has 0 bridgehead atoms. The molecule has 0 radical (unpaired) electrons. The van der Waals surface area contributed by atoms with Gasteiger partial charge in [-0.1, -0.05) is 42.5 Å². The van der Waals surface area contributed by atoms with Crippen molar-refractivity contribution in [3.63, 3.8) is 0 Å². The molecule has 3 aromatic carbocycles. The molecule has 3 unspecified atom stereocenters. The number of phenols is 1. The number of allylic oxidation sites excluding steroid dienone is 1. The summed E-state index contributed by atoms with van der Waals surface area (Å²) in [6.45, 7) is 5.89. The van der Waals surface area contributed by atoms with Crippen LogP contribution in [-0.2, 0) is 30.3 Å². The first-order valence-corrected chi connectivity index (χ1v) is 23.2. The zero-order chi connectivity index (χ0) is 43.1. The number of imide groups is 1. The van der Waals surface area contributed by atoms with Crippen molar-refractivity contribution in [1.29, 1.82) is 0 Å². The number of aromatic hydroxyl groups is 1. The largest absolute Gasteiger partial charge is 0.508 e. The molecule has 2 amide bonds. The molecule has 5 saturated heterocycles. The Hall–Kier alpha value is -5.07. The van der Waals surface area contributed by atoms with Crippen LogP contribution >= 0.6 is 0 Å². The van der Waals surface area contributed by atoms with E-state index in [1.54, 1.807) is 25.3 Å². The summed E-state index contributed by atoms with van der Waals surface area (Å²) in [4.78, 5) is 48.1. The van der Waals surface area contributed by atoms with Crippen LogP contribution in [0.4, 0.5) is 10.1 Å². The fraction of sp³-hybridized carbons (Fsp3) is 0.529. The Labute approximate surface area is 368 Å². The number of ether oxygens (including phenoxy) is 3. The number of ketones is 1. The average molecular weight is 857 g/mol. The Morgan fingerprint density at radius 3 is 2.51 bits per heavy atom. The average Bonchev–Trinajstić information content (AvgIpc) is 3.96. The first-order chi connectivity index (χ1) is 30.6. The molecule has 7 atom stereocenters. The van der Waals surface area contributed by atoms with E-state index < -0.39 is 17.3 Å².